The minimum Gasteiger partial charge on any atom is -0.368 e. The van der Waals surface area contributed by atoms with Crippen molar-refractivity contribution in [1.29, 1.82) is 0 Å². The van der Waals surface area contributed by atoms with Crippen LogP contribution in [0.15, 0.2) is 29.2 Å². The van der Waals surface area contributed by atoms with Crippen LogP contribution in [0, 0.1) is 6.92 Å². The third-order valence-corrected chi connectivity index (χ3v) is 5.15. The molecule has 0 aromatic heterocycles. The molecular weight excluding hydrogens is 294 g/mol. The number of benzene rings is 1. The fourth-order valence-electron chi connectivity index (χ4n) is 2.11. The lowest BCUT2D eigenvalue weighted by Crippen LogP contribution is -2.53. The second-order valence-corrected chi connectivity index (χ2v) is 6.87. The summed E-state index contributed by atoms with van der Waals surface area (Å²) in [6.45, 7) is 1.71. The molecule has 0 atom stereocenters. The van der Waals surface area contributed by atoms with Crippen molar-refractivity contribution in [2.75, 3.05) is 26.2 Å². The van der Waals surface area contributed by atoms with Crippen molar-refractivity contribution in [3.8, 4) is 0 Å². The Labute approximate surface area is 123 Å². The molecule has 0 radical (unpaired) electrons. The number of hydrogen-bond acceptors (Lipinski definition) is 4. The third kappa shape index (κ3) is 3.40. The Kier molecular flexibility index (Phi) is 4.29. The fraction of sp³-hybridized carbons (Fsp3) is 0.385. The Bertz CT molecular complexity index is 654. The van der Waals surface area contributed by atoms with Crippen molar-refractivity contribution < 1.29 is 18.0 Å². The molecule has 1 aliphatic heterocycles. The molecule has 2 N–H and O–H groups in total. The molecule has 2 amide bonds. The van der Waals surface area contributed by atoms with E-state index in [1.165, 1.54) is 17.0 Å². The maximum atomic E-state index is 12.4. The predicted octanol–water partition coefficient (Wildman–Crippen LogP) is -0.687. The molecule has 1 aliphatic rings. The van der Waals surface area contributed by atoms with E-state index in [1.807, 2.05) is 6.92 Å². The third-order valence-electron chi connectivity index (χ3n) is 3.29. The van der Waals surface area contributed by atoms with Gasteiger partial charge in [0.1, 0.15) is 0 Å². The second-order valence-electron chi connectivity index (χ2n) is 4.93. The van der Waals surface area contributed by atoms with Gasteiger partial charge in [0.15, 0.2) is 0 Å². The molecule has 21 heavy (non-hydrogen) atoms. The summed E-state index contributed by atoms with van der Waals surface area (Å²) in [6, 6.07) is 6.45. The number of hydrogen-bond donors (Lipinski definition) is 1. The highest BCUT2D eigenvalue weighted by molar-refractivity contribution is 7.89. The Balaban J connectivity index is 2.15. The Morgan fingerprint density at radius 2 is 1.86 bits per heavy atom. The SMILES string of the molecule is Cc1ccc(S(=O)(=O)N2CCN(CC(N)=O)C(=O)C2)cc1. The summed E-state index contributed by atoms with van der Waals surface area (Å²) in [5.74, 6) is -1.03. The molecular formula is C13H17N3O4S. The van der Waals surface area contributed by atoms with Crippen LogP contribution in [0.5, 0.6) is 0 Å². The van der Waals surface area contributed by atoms with Crippen LogP contribution in [0.1, 0.15) is 5.56 Å². The molecule has 0 saturated carbocycles. The van der Waals surface area contributed by atoms with Gasteiger partial charge in [-0.3, -0.25) is 9.59 Å². The Morgan fingerprint density at radius 1 is 1.24 bits per heavy atom. The van der Waals surface area contributed by atoms with Crippen LogP contribution in [0.3, 0.4) is 0 Å². The largest absolute Gasteiger partial charge is 0.368 e. The van der Waals surface area contributed by atoms with Crippen molar-refractivity contribution in [2.45, 2.75) is 11.8 Å². The number of piperazine rings is 1. The molecule has 1 aromatic carbocycles. The zero-order valence-electron chi connectivity index (χ0n) is 11.7. The van der Waals surface area contributed by atoms with Crippen molar-refractivity contribution in [1.82, 2.24) is 9.21 Å². The average molecular weight is 311 g/mol. The number of primary amides is 1. The van der Waals surface area contributed by atoms with Gasteiger partial charge < -0.3 is 10.6 Å². The van der Waals surface area contributed by atoms with Crippen molar-refractivity contribution in [2.24, 2.45) is 5.73 Å². The number of amides is 2. The van der Waals surface area contributed by atoms with E-state index < -0.39 is 21.8 Å². The van der Waals surface area contributed by atoms with Gasteiger partial charge in [-0.15, -0.1) is 0 Å². The lowest BCUT2D eigenvalue weighted by atomic mass is 10.2. The highest BCUT2D eigenvalue weighted by Gasteiger charge is 2.33. The first kappa shape index (κ1) is 15.5. The summed E-state index contributed by atoms with van der Waals surface area (Å²) >= 11 is 0. The monoisotopic (exact) mass is 311 g/mol. The van der Waals surface area contributed by atoms with E-state index in [9.17, 15) is 18.0 Å². The standard InChI is InChI=1S/C13H17N3O4S/c1-10-2-4-11(5-3-10)21(19,20)16-7-6-15(8-12(14)17)13(18)9-16/h2-5H,6-9H2,1H3,(H2,14,17). The van der Waals surface area contributed by atoms with E-state index >= 15 is 0 Å². The summed E-state index contributed by atoms with van der Waals surface area (Å²) in [7, 11) is -3.69. The van der Waals surface area contributed by atoms with Crippen LogP contribution in [0.25, 0.3) is 0 Å². The molecule has 0 aliphatic carbocycles. The molecule has 1 heterocycles. The first-order chi connectivity index (χ1) is 9.80. The van der Waals surface area contributed by atoms with E-state index in [1.54, 1.807) is 12.1 Å². The quantitative estimate of drug-likeness (QED) is 0.795. The van der Waals surface area contributed by atoms with Gasteiger partial charge in [0.2, 0.25) is 21.8 Å². The highest BCUT2D eigenvalue weighted by Crippen LogP contribution is 2.18. The summed E-state index contributed by atoms with van der Waals surface area (Å²) in [5.41, 5.74) is 6.00. The van der Waals surface area contributed by atoms with Crippen LogP contribution in [-0.2, 0) is 19.6 Å². The van der Waals surface area contributed by atoms with E-state index in [4.69, 9.17) is 5.73 Å². The number of nitrogens with zero attached hydrogens (tertiary/aromatic N) is 2. The zero-order chi connectivity index (χ0) is 15.6. The molecule has 0 unspecified atom stereocenters. The first-order valence-electron chi connectivity index (χ1n) is 6.43. The van der Waals surface area contributed by atoms with Crippen LogP contribution < -0.4 is 5.73 Å². The molecule has 7 nitrogen and oxygen atoms in total. The molecule has 8 heteroatoms. The minimum absolute atomic E-state index is 0.148. The lowest BCUT2D eigenvalue weighted by Gasteiger charge is -2.32. The molecule has 2 rings (SSSR count). The van der Waals surface area contributed by atoms with Gasteiger partial charge in [-0.25, -0.2) is 8.42 Å². The number of nitrogens with two attached hydrogens (primary N) is 1. The number of sulfonamides is 1. The smallest absolute Gasteiger partial charge is 0.243 e. The molecule has 0 bridgehead atoms. The zero-order valence-corrected chi connectivity index (χ0v) is 12.5. The maximum absolute atomic E-state index is 12.4. The second kappa shape index (κ2) is 5.82. The predicted molar refractivity (Wildman–Crippen MR) is 75.7 cm³/mol. The molecule has 114 valence electrons. The topological polar surface area (TPSA) is 101 Å². The van der Waals surface area contributed by atoms with E-state index in [-0.39, 0.29) is 31.1 Å². The highest BCUT2D eigenvalue weighted by atomic mass is 32.2. The van der Waals surface area contributed by atoms with Crippen LogP contribution >= 0.6 is 0 Å². The van der Waals surface area contributed by atoms with Crippen LogP contribution in [-0.4, -0.2) is 55.6 Å². The van der Waals surface area contributed by atoms with Crippen molar-refractivity contribution >= 4 is 21.8 Å². The van der Waals surface area contributed by atoms with Gasteiger partial charge in [-0.05, 0) is 19.1 Å². The minimum atomic E-state index is -3.69. The maximum Gasteiger partial charge on any atom is 0.243 e. The normalized spacial score (nSPS) is 17.0. The van der Waals surface area contributed by atoms with Gasteiger partial charge in [-0.2, -0.15) is 4.31 Å². The Hall–Kier alpha value is -1.93. The number of carbonyl (C=O) groups excluding carboxylic acids is 2. The van der Waals surface area contributed by atoms with Gasteiger partial charge in [0.05, 0.1) is 18.0 Å². The molecule has 1 saturated heterocycles. The molecule has 1 aromatic rings. The molecule has 0 spiro atoms. The van der Waals surface area contributed by atoms with Gasteiger partial charge in [0.25, 0.3) is 0 Å². The number of rotatable bonds is 4. The van der Waals surface area contributed by atoms with Crippen LogP contribution in [0.4, 0.5) is 0 Å². The van der Waals surface area contributed by atoms with Crippen LogP contribution in [0.2, 0.25) is 0 Å². The molecule has 1 fully saturated rings. The fourth-order valence-corrected chi connectivity index (χ4v) is 3.49. The van der Waals surface area contributed by atoms with Gasteiger partial charge in [0, 0.05) is 13.1 Å². The Morgan fingerprint density at radius 3 is 2.38 bits per heavy atom. The summed E-state index contributed by atoms with van der Waals surface area (Å²) in [6.07, 6.45) is 0. The van der Waals surface area contributed by atoms with E-state index in [0.29, 0.717) is 0 Å². The lowest BCUT2D eigenvalue weighted by molar-refractivity contribution is -0.137. The number of carbonyl (C=O) groups is 2. The number of aryl methyl sites for hydroxylation is 1. The van der Waals surface area contributed by atoms with Gasteiger partial charge in [-0.1, -0.05) is 17.7 Å². The van der Waals surface area contributed by atoms with Crippen molar-refractivity contribution in [3.63, 3.8) is 0 Å². The average Bonchev–Trinajstić information content (AvgIpc) is 2.41. The first-order valence-corrected chi connectivity index (χ1v) is 7.87. The van der Waals surface area contributed by atoms with E-state index in [0.717, 1.165) is 9.87 Å². The van der Waals surface area contributed by atoms with E-state index in [2.05, 4.69) is 0 Å². The summed E-state index contributed by atoms with van der Waals surface area (Å²) < 4.78 is 26.0. The summed E-state index contributed by atoms with van der Waals surface area (Å²) in [5, 5.41) is 0. The summed E-state index contributed by atoms with van der Waals surface area (Å²) in [4.78, 5) is 24.1. The van der Waals surface area contributed by atoms with Gasteiger partial charge >= 0.3 is 0 Å². The van der Waals surface area contributed by atoms with Crippen molar-refractivity contribution in [3.05, 3.63) is 29.8 Å².